The lowest BCUT2D eigenvalue weighted by atomic mass is 10.1. The number of rotatable bonds is 5. The fourth-order valence-electron chi connectivity index (χ4n) is 3.08. The standard InChI is InChI=1S/C19H22N4O/c1-13-10-15(3)22(20-13)19(23-16(4)11-14(2)21-23)12-18(24)17-8-6-5-7-9-17/h5-11,19H,12H2,1-4H3. The van der Waals surface area contributed by atoms with Gasteiger partial charge in [-0.25, -0.2) is 9.36 Å². The Labute approximate surface area is 141 Å². The molecule has 5 nitrogen and oxygen atoms in total. The zero-order valence-electron chi connectivity index (χ0n) is 14.5. The SMILES string of the molecule is Cc1cc(C)n(C(CC(=O)c2ccccc2)n2nc(C)cc2C)n1. The van der Waals surface area contributed by atoms with Gasteiger partial charge in [-0.15, -0.1) is 0 Å². The summed E-state index contributed by atoms with van der Waals surface area (Å²) in [7, 11) is 0. The van der Waals surface area contributed by atoms with E-state index in [2.05, 4.69) is 10.2 Å². The predicted molar refractivity (Wildman–Crippen MR) is 93.2 cm³/mol. The van der Waals surface area contributed by atoms with E-state index in [0.29, 0.717) is 12.0 Å². The molecular formula is C19H22N4O. The molecule has 1 aromatic carbocycles. The van der Waals surface area contributed by atoms with E-state index in [-0.39, 0.29) is 11.9 Å². The smallest absolute Gasteiger partial charge is 0.166 e. The minimum atomic E-state index is -0.264. The highest BCUT2D eigenvalue weighted by Gasteiger charge is 2.23. The average molecular weight is 322 g/mol. The van der Waals surface area contributed by atoms with Crippen molar-refractivity contribution in [3.05, 3.63) is 70.8 Å². The average Bonchev–Trinajstić information content (AvgIpc) is 3.06. The Morgan fingerprint density at radius 3 is 1.83 bits per heavy atom. The van der Waals surface area contributed by atoms with Crippen LogP contribution in [0.2, 0.25) is 0 Å². The molecule has 0 fully saturated rings. The van der Waals surface area contributed by atoms with E-state index in [1.165, 1.54) is 0 Å². The second-order valence-electron chi connectivity index (χ2n) is 6.22. The van der Waals surface area contributed by atoms with Crippen LogP contribution in [0.1, 0.15) is 45.7 Å². The van der Waals surface area contributed by atoms with Gasteiger partial charge in [0.1, 0.15) is 0 Å². The Hall–Kier alpha value is -2.69. The largest absolute Gasteiger partial charge is 0.294 e. The van der Waals surface area contributed by atoms with Gasteiger partial charge >= 0.3 is 0 Å². The summed E-state index contributed by atoms with van der Waals surface area (Å²) in [6.45, 7) is 7.93. The van der Waals surface area contributed by atoms with E-state index in [4.69, 9.17) is 0 Å². The van der Waals surface area contributed by atoms with Gasteiger partial charge in [0.25, 0.3) is 0 Å². The van der Waals surface area contributed by atoms with Crippen molar-refractivity contribution in [3.63, 3.8) is 0 Å². The molecule has 3 aromatic rings. The molecule has 0 saturated carbocycles. The van der Waals surface area contributed by atoms with Crippen LogP contribution in [0.3, 0.4) is 0 Å². The molecule has 0 aliphatic rings. The molecule has 0 bridgehead atoms. The summed E-state index contributed by atoms with van der Waals surface area (Å²) in [5, 5.41) is 9.18. The van der Waals surface area contributed by atoms with Gasteiger partial charge in [0.2, 0.25) is 0 Å². The first kappa shape index (κ1) is 16.2. The molecule has 24 heavy (non-hydrogen) atoms. The molecule has 2 aromatic heterocycles. The Balaban J connectivity index is 2.01. The van der Waals surface area contributed by atoms with Gasteiger partial charge in [0, 0.05) is 17.0 Å². The van der Waals surface area contributed by atoms with Crippen molar-refractivity contribution in [2.75, 3.05) is 0 Å². The Bertz CT molecular complexity index is 815. The third-order valence-corrected chi connectivity index (χ3v) is 4.12. The molecule has 0 unspecified atom stereocenters. The second-order valence-corrected chi connectivity index (χ2v) is 6.22. The summed E-state index contributed by atoms with van der Waals surface area (Å²) in [6, 6.07) is 13.4. The van der Waals surface area contributed by atoms with Gasteiger partial charge in [-0.2, -0.15) is 10.2 Å². The van der Waals surface area contributed by atoms with E-state index in [1.54, 1.807) is 0 Å². The minimum absolute atomic E-state index is 0.0840. The monoisotopic (exact) mass is 322 g/mol. The maximum absolute atomic E-state index is 12.8. The Morgan fingerprint density at radius 2 is 1.42 bits per heavy atom. The first-order valence-electron chi connectivity index (χ1n) is 8.09. The van der Waals surface area contributed by atoms with Crippen molar-refractivity contribution in [2.45, 2.75) is 40.3 Å². The summed E-state index contributed by atoms with van der Waals surface area (Å²) in [5.74, 6) is 0.0840. The number of hydrogen-bond acceptors (Lipinski definition) is 3. The molecule has 0 radical (unpaired) electrons. The van der Waals surface area contributed by atoms with Crippen LogP contribution in [0.4, 0.5) is 0 Å². The maximum Gasteiger partial charge on any atom is 0.166 e. The fraction of sp³-hybridized carbons (Fsp3) is 0.316. The van der Waals surface area contributed by atoms with E-state index in [9.17, 15) is 4.79 Å². The van der Waals surface area contributed by atoms with Crippen molar-refractivity contribution in [1.82, 2.24) is 19.6 Å². The number of carbonyl (C=O) groups is 1. The highest BCUT2D eigenvalue weighted by molar-refractivity contribution is 5.96. The molecule has 0 aliphatic carbocycles. The van der Waals surface area contributed by atoms with Crippen LogP contribution in [-0.4, -0.2) is 25.3 Å². The van der Waals surface area contributed by atoms with E-state index < -0.39 is 0 Å². The summed E-state index contributed by atoms with van der Waals surface area (Å²) in [4.78, 5) is 12.8. The first-order chi connectivity index (χ1) is 11.5. The van der Waals surface area contributed by atoms with Gasteiger partial charge in [0.15, 0.2) is 11.9 Å². The third kappa shape index (κ3) is 3.15. The second kappa shape index (κ2) is 6.43. The van der Waals surface area contributed by atoms with Crippen molar-refractivity contribution >= 4 is 5.78 Å². The lowest BCUT2D eigenvalue weighted by Gasteiger charge is -2.21. The van der Waals surface area contributed by atoms with Crippen LogP contribution >= 0.6 is 0 Å². The van der Waals surface area contributed by atoms with Crippen LogP contribution in [-0.2, 0) is 0 Å². The summed E-state index contributed by atoms with van der Waals surface area (Å²) in [6.07, 6.45) is 0.0496. The lowest BCUT2D eigenvalue weighted by molar-refractivity contribution is 0.0947. The Morgan fingerprint density at radius 1 is 0.917 bits per heavy atom. The van der Waals surface area contributed by atoms with Crippen molar-refractivity contribution in [2.24, 2.45) is 0 Å². The molecule has 0 saturated heterocycles. The van der Waals surface area contributed by atoms with Crippen LogP contribution in [0.25, 0.3) is 0 Å². The van der Waals surface area contributed by atoms with Crippen LogP contribution < -0.4 is 0 Å². The number of hydrogen-bond donors (Lipinski definition) is 0. The van der Waals surface area contributed by atoms with Gasteiger partial charge in [-0.3, -0.25) is 4.79 Å². The summed E-state index contributed by atoms with van der Waals surface area (Å²) >= 11 is 0. The molecule has 5 heteroatoms. The van der Waals surface area contributed by atoms with Crippen LogP contribution in [0.15, 0.2) is 42.5 Å². The summed E-state index contributed by atoms with van der Waals surface area (Å²) < 4.78 is 3.80. The van der Waals surface area contributed by atoms with Crippen molar-refractivity contribution in [3.8, 4) is 0 Å². The number of carbonyl (C=O) groups excluding carboxylic acids is 1. The van der Waals surface area contributed by atoms with Crippen molar-refractivity contribution < 1.29 is 4.79 Å². The van der Waals surface area contributed by atoms with Gasteiger partial charge < -0.3 is 0 Å². The zero-order chi connectivity index (χ0) is 17.3. The van der Waals surface area contributed by atoms with Gasteiger partial charge in [-0.1, -0.05) is 30.3 Å². The highest BCUT2D eigenvalue weighted by atomic mass is 16.1. The van der Waals surface area contributed by atoms with E-state index in [1.807, 2.05) is 79.5 Å². The number of ketones is 1. The molecule has 124 valence electrons. The molecule has 0 amide bonds. The molecule has 0 atom stereocenters. The number of Topliss-reactive ketones (excluding diaryl/α,β-unsaturated/α-hetero) is 1. The number of nitrogens with zero attached hydrogens (tertiary/aromatic N) is 4. The number of aryl methyl sites for hydroxylation is 4. The molecular weight excluding hydrogens is 300 g/mol. The predicted octanol–water partition coefficient (Wildman–Crippen LogP) is 3.63. The normalized spacial score (nSPS) is 11.2. The Kier molecular flexibility index (Phi) is 4.34. The van der Waals surface area contributed by atoms with E-state index >= 15 is 0 Å². The minimum Gasteiger partial charge on any atom is -0.294 e. The van der Waals surface area contributed by atoms with E-state index in [0.717, 1.165) is 22.8 Å². The van der Waals surface area contributed by atoms with Crippen molar-refractivity contribution in [1.29, 1.82) is 0 Å². The van der Waals surface area contributed by atoms with Gasteiger partial charge in [-0.05, 0) is 39.8 Å². The fourth-order valence-corrected chi connectivity index (χ4v) is 3.08. The lowest BCUT2D eigenvalue weighted by Crippen LogP contribution is -2.25. The number of benzene rings is 1. The maximum atomic E-state index is 12.8. The molecule has 0 aliphatic heterocycles. The third-order valence-electron chi connectivity index (χ3n) is 4.12. The molecule has 0 spiro atoms. The number of aromatic nitrogens is 4. The summed E-state index contributed by atoms with van der Waals surface area (Å²) in [5.41, 5.74) is 4.62. The molecule has 2 heterocycles. The van der Waals surface area contributed by atoms with Gasteiger partial charge in [0.05, 0.1) is 17.8 Å². The highest BCUT2D eigenvalue weighted by Crippen LogP contribution is 2.22. The van der Waals surface area contributed by atoms with Crippen LogP contribution in [0, 0.1) is 27.7 Å². The zero-order valence-corrected chi connectivity index (χ0v) is 14.5. The topological polar surface area (TPSA) is 52.7 Å². The molecule has 3 rings (SSSR count). The first-order valence-corrected chi connectivity index (χ1v) is 8.09. The molecule has 0 N–H and O–H groups in total. The quantitative estimate of drug-likeness (QED) is 0.674. The van der Waals surface area contributed by atoms with Crippen LogP contribution in [0.5, 0.6) is 0 Å².